The molecule has 5 aliphatic rings. The molecule has 4 aromatic rings. The van der Waals surface area contributed by atoms with E-state index in [4.69, 9.17) is 28.4 Å². The Morgan fingerprint density at radius 2 is 1.09 bits per heavy atom. The number of benzene rings is 4. The SMILES string of the molecule is CC=CC1=CN2C(=O)c3cc(OC)c(OCCCOc4cc5c(cc4OC)C(=O)N4C=C(C=CCN(CC6c7ccccc7-c7ccccc76)C(=O)O)C[C@H]4C(=O)N5COCC[Si](C)(C)C)cc3N(COCC[Si](C)(C)C)C(=O)[C@@H]2C1. The van der Waals surface area contributed by atoms with Crippen LogP contribution in [-0.4, -0.2) is 145 Å². The first-order valence-electron chi connectivity index (χ1n) is 27.8. The molecule has 19 heteroatoms. The molecule has 0 fully saturated rings. The number of allylic oxidation sites excluding steroid dienone is 3. The van der Waals surface area contributed by atoms with Crippen LogP contribution >= 0.6 is 0 Å². The van der Waals surface area contributed by atoms with Crippen LogP contribution in [0.3, 0.4) is 0 Å². The standard InChI is InChI=1S/C62H75N5O12Si2/c1-10-17-41-30-52-60(70)66(39-76-26-28-80(4,5)6)50-34-56(54(74-2)32-47(50)58(68)64(52)36-41)78-24-16-25-79-57-35-51-48(33-55(57)75-3)59(69)65-37-42(31-53(65)61(71)67(51)40-77-27-29-81(7,8)9)18-15-23-63(62(72)73)38-49-45-21-13-11-19-43(45)44-20-12-14-22-46(44)49/h10-15,17-22,32-37,49,52-53H,16,23-31,38-40H2,1-9H3,(H,72,73)/t52-,53-/m0/s1. The zero-order valence-corrected chi connectivity index (χ0v) is 50.0. The molecule has 0 aromatic heterocycles. The van der Waals surface area contributed by atoms with Gasteiger partial charge in [-0.15, -0.1) is 0 Å². The van der Waals surface area contributed by atoms with E-state index in [1.807, 2.05) is 43.3 Å². The Bertz CT molecular complexity index is 3150. The average Bonchev–Trinajstić information content (AvgIpc) is 4.19. The average molecular weight is 1140 g/mol. The normalized spacial score (nSPS) is 17.8. The molecular weight excluding hydrogens is 1060 g/mol. The summed E-state index contributed by atoms with van der Waals surface area (Å²) in [5.74, 6) is -0.239. The second-order valence-electron chi connectivity index (χ2n) is 23.4. The summed E-state index contributed by atoms with van der Waals surface area (Å²) in [7, 11) is 0.0399. The number of fused-ring (bicyclic) bond motifs is 7. The van der Waals surface area contributed by atoms with Gasteiger partial charge in [-0.2, -0.15) is 0 Å². The summed E-state index contributed by atoms with van der Waals surface area (Å²) in [5.41, 5.74) is 7.17. The van der Waals surface area contributed by atoms with Crippen molar-refractivity contribution in [2.75, 3.05) is 77.0 Å². The second-order valence-corrected chi connectivity index (χ2v) is 34.7. The number of methoxy groups -OCH3 is 2. The van der Waals surface area contributed by atoms with E-state index in [1.165, 1.54) is 38.7 Å². The molecule has 0 radical (unpaired) electrons. The zero-order chi connectivity index (χ0) is 57.8. The van der Waals surface area contributed by atoms with Crippen LogP contribution in [-0.2, 0) is 19.1 Å². The Morgan fingerprint density at radius 1 is 0.630 bits per heavy atom. The van der Waals surface area contributed by atoms with E-state index < -0.39 is 40.2 Å². The summed E-state index contributed by atoms with van der Waals surface area (Å²) in [6.07, 6.45) is 10.7. The van der Waals surface area contributed by atoms with Crippen LogP contribution in [0.2, 0.25) is 51.4 Å². The van der Waals surface area contributed by atoms with E-state index in [0.717, 1.165) is 39.9 Å². The van der Waals surface area contributed by atoms with Gasteiger partial charge in [-0.25, -0.2) is 4.79 Å². The third-order valence-corrected chi connectivity index (χ3v) is 18.6. The first-order chi connectivity index (χ1) is 38.8. The molecule has 4 aromatic carbocycles. The van der Waals surface area contributed by atoms with Crippen molar-refractivity contribution >= 4 is 57.2 Å². The maximum atomic E-state index is 14.8. The quantitative estimate of drug-likeness (QED) is 0.0520. The number of nitrogens with zero attached hydrogens (tertiary/aromatic N) is 5. The first kappa shape index (κ1) is 58.2. The summed E-state index contributed by atoms with van der Waals surface area (Å²) in [6.45, 7) is 16.8. The third-order valence-electron chi connectivity index (χ3n) is 15.2. The molecule has 0 bridgehead atoms. The number of carboxylic acid groups (broad SMARTS) is 1. The van der Waals surface area contributed by atoms with Crippen LogP contribution in [0.4, 0.5) is 16.2 Å². The molecule has 2 atom stereocenters. The Balaban J connectivity index is 0.908. The van der Waals surface area contributed by atoms with Crippen molar-refractivity contribution in [3.63, 3.8) is 0 Å². The topological polar surface area (TPSA) is 177 Å². The molecule has 1 aliphatic carbocycles. The Morgan fingerprint density at radius 3 is 1.52 bits per heavy atom. The van der Waals surface area contributed by atoms with Crippen molar-refractivity contribution in [1.82, 2.24) is 14.7 Å². The van der Waals surface area contributed by atoms with Gasteiger partial charge in [0.2, 0.25) is 0 Å². The van der Waals surface area contributed by atoms with Crippen molar-refractivity contribution in [2.45, 2.75) is 95.6 Å². The predicted molar refractivity (Wildman–Crippen MR) is 317 cm³/mol. The molecule has 428 valence electrons. The van der Waals surface area contributed by atoms with E-state index >= 15 is 0 Å². The van der Waals surface area contributed by atoms with E-state index in [2.05, 4.69) is 63.5 Å². The van der Waals surface area contributed by atoms with Gasteiger partial charge < -0.3 is 48.2 Å². The largest absolute Gasteiger partial charge is 0.493 e. The van der Waals surface area contributed by atoms with Crippen LogP contribution in [0.5, 0.6) is 23.0 Å². The Kier molecular flexibility index (Phi) is 17.8. The van der Waals surface area contributed by atoms with Crippen molar-refractivity contribution in [3.8, 4) is 34.1 Å². The molecule has 81 heavy (non-hydrogen) atoms. The van der Waals surface area contributed by atoms with Gasteiger partial charge in [-0.05, 0) is 64.5 Å². The van der Waals surface area contributed by atoms with Crippen LogP contribution in [0.15, 0.2) is 121 Å². The monoisotopic (exact) mass is 1140 g/mol. The highest BCUT2D eigenvalue weighted by atomic mass is 28.3. The summed E-state index contributed by atoms with van der Waals surface area (Å²) in [4.78, 5) is 78.2. The molecule has 4 heterocycles. The number of anilines is 2. The highest BCUT2D eigenvalue weighted by Gasteiger charge is 2.45. The van der Waals surface area contributed by atoms with Crippen molar-refractivity contribution in [1.29, 1.82) is 0 Å². The molecule has 0 spiro atoms. The van der Waals surface area contributed by atoms with Crippen LogP contribution in [0, 0.1) is 0 Å². The van der Waals surface area contributed by atoms with Crippen molar-refractivity contribution < 1.29 is 57.5 Å². The van der Waals surface area contributed by atoms with Crippen molar-refractivity contribution in [3.05, 3.63) is 143 Å². The number of carbonyl (C=O) groups excluding carboxylic acids is 4. The van der Waals surface area contributed by atoms with Gasteiger partial charge in [-0.3, -0.25) is 29.0 Å². The number of hydrogen-bond acceptors (Lipinski definition) is 11. The summed E-state index contributed by atoms with van der Waals surface area (Å²) >= 11 is 0. The molecule has 0 unspecified atom stereocenters. The molecule has 4 aliphatic heterocycles. The second kappa shape index (κ2) is 24.7. The number of carbonyl (C=O) groups is 5. The van der Waals surface area contributed by atoms with Gasteiger partial charge in [-0.1, -0.05) is 112 Å². The Hall–Kier alpha value is -7.46. The molecule has 1 N–H and O–H groups in total. The molecule has 17 nitrogen and oxygen atoms in total. The third kappa shape index (κ3) is 12.9. The van der Waals surface area contributed by atoms with Gasteiger partial charge in [0.25, 0.3) is 23.6 Å². The summed E-state index contributed by atoms with van der Waals surface area (Å²) in [5, 5.41) is 10.4. The number of hydrogen-bond donors (Lipinski definition) is 1. The lowest BCUT2D eigenvalue weighted by Gasteiger charge is -2.27. The van der Waals surface area contributed by atoms with Crippen LogP contribution in [0.1, 0.15) is 63.9 Å². The van der Waals surface area contributed by atoms with Gasteiger partial charge in [0, 0.05) is 92.2 Å². The fourth-order valence-corrected chi connectivity index (χ4v) is 12.4. The molecular formula is C62H75N5O12Si2. The molecule has 5 amide bonds. The lowest BCUT2D eigenvalue weighted by molar-refractivity contribution is -0.123. The Labute approximate surface area is 477 Å². The van der Waals surface area contributed by atoms with Crippen LogP contribution < -0.4 is 28.7 Å². The highest BCUT2D eigenvalue weighted by Crippen LogP contribution is 2.46. The predicted octanol–water partition coefficient (Wildman–Crippen LogP) is 11.0. The fourth-order valence-electron chi connectivity index (χ4n) is 10.8. The van der Waals surface area contributed by atoms with Gasteiger partial charge >= 0.3 is 6.09 Å². The van der Waals surface area contributed by atoms with E-state index in [-0.39, 0.29) is 86.7 Å². The lowest BCUT2D eigenvalue weighted by Crippen LogP contribution is -2.45. The van der Waals surface area contributed by atoms with Crippen molar-refractivity contribution in [2.24, 2.45) is 0 Å². The smallest absolute Gasteiger partial charge is 0.407 e. The van der Waals surface area contributed by atoms with Crippen LogP contribution in [0.25, 0.3) is 11.1 Å². The van der Waals surface area contributed by atoms with Gasteiger partial charge in [0.15, 0.2) is 23.0 Å². The number of amides is 5. The zero-order valence-electron chi connectivity index (χ0n) is 48.0. The first-order valence-corrected chi connectivity index (χ1v) is 35.2. The molecule has 9 rings (SSSR count). The van der Waals surface area contributed by atoms with E-state index in [1.54, 1.807) is 48.8 Å². The highest BCUT2D eigenvalue weighted by molar-refractivity contribution is 6.76. The lowest BCUT2D eigenvalue weighted by atomic mass is 9.96. The fraction of sp³-hybridized carbons (Fsp3) is 0.403. The number of ether oxygens (including phenoxy) is 6. The maximum absolute atomic E-state index is 14.8. The summed E-state index contributed by atoms with van der Waals surface area (Å²) < 4.78 is 36.7. The molecule has 0 saturated heterocycles. The van der Waals surface area contributed by atoms with E-state index in [0.29, 0.717) is 60.3 Å². The minimum atomic E-state index is -1.50. The van der Waals surface area contributed by atoms with Gasteiger partial charge in [0.05, 0.1) is 49.9 Å². The van der Waals surface area contributed by atoms with Gasteiger partial charge in [0.1, 0.15) is 25.5 Å². The van der Waals surface area contributed by atoms with E-state index in [9.17, 15) is 29.1 Å². The minimum Gasteiger partial charge on any atom is -0.493 e. The maximum Gasteiger partial charge on any atom is 0.407 e. The number of rotatable bonds is 24. The summed E-state index contributed by atoms with van der Waals surface area (Å²) in [6, 6.07) is 22.9. The minimum absolute atomic E-state index is 0.0368. The molecule has 0 saturated carbocycles.